The molecular formula is C18H27NOS. The summed E-state index contributed by atoms with van der Waals surface area (Å²) in [5.41, 5.74) is 2.04. The SMILES string of the molecule is CC(C)(C)NCC1(CC2Cc3ccccc3S2)CCOC1. The topological polar surface area (TPSA) is 21.3 Å². The van der Waals surface area contributed by atoms with Gasteiger partial charge in [-0.2, -0.15) is 0 Å². The second-order valence-electron chi connectivity index (χ2n) is 7.66. The van der Waals surface area contributed by atoms with Crippen molar-refractivity contribution in [1.82, 2.24) is 5.32 Å². The van der Waals surface area contributed by atoms with E-state index in [9.17, 15) is 0 Å². The maximum atomic E-state index is 5.76. The summed E-state index contributed by atoms with van der Waals surface area (Å²) in [6.07, 6.45) is 3.68. The molecule has 1 fully saturated rings. The molecule has 2 atom stereocenters. The summed E-state index contributed by atoms with van der Waals surface area (Å²) in [7, 11) is 0. The van der Waals surface area contributed by atoms with Gasteiger partial charge in [0.15, 0.2) is 0 Å². The van der Waals surface area contributed by atoms with Crippen molar-refractivity contribution in [2.24, 2.45) is 5.41 Å². The largest absolute Gasteiger partial charge is 0.381 e. The Morgan fingerprint density at radius 3 is 2.81 bits per heavy atom. The van der Waals surface area contributed by atoms with Crippen LogP contribution in [0.25, 0.3) is 0 Å². The molecule has 116 valence electrons. The second-order valence-corrected chi connectivity index (χ2v) is 9.00. The molecule has 0 bridgehead atoms. The van der Waals surface area contributed by atoms with Crippen molar-refractivity contribution in [2.75, 3.05) is 19.8 Å². The Morgan fingerprint density at radius 2 is 2.14 bits per heavy atom. The summed E-state index contributed by atoms with van der Waals surface area (Å²) in [5.74, 6) is 0. The number of benzene rings is 1. The van der Waals surface area contributed by atoms with Gasteiger partial charge in [0.25, 0.3) is 0 Å². The van der Waals surface area contributed by atoms with Gasteiger partial charge in [-0.3, -0.25) is 0 Å². The van der Waals surface area contributed by atoms with Crippen LogP contribution in [0, 0.1) is 5.41 Å². The molecule has 3 heteroatoms. The monoisotopic (exact) mass is 305 g/mol. The molecule has 2 aliphatic heterocycles. The quantitative estimate of drug-likeness (QED) is 0.912. The Hall–Kier alpha value is -0.510. The summed E-state index contributed by atoms with van der Waals surface area (Å²) in [4.78, 5) is 1.49. The highest BCUT2D eigenvalue weighted by Gasteiger charge is 2.39. The maximum Gasteiger partial charge on any atom is 0.0535 e. The van der Waals surface area contributed by atoms with Gasteiger partial charge in [-0.15, -0.1) is 11.8 Å². The first-order valence-corrected chi connectivity index (χ1v) is 8.91. The smallest absolute Gasteiger partial charge is 0.0535 e. The number of fused-ring (bicyclic) bond motifs is 1. The standard InChI is InChI=1S/C18H27NOS/c1-17(2,3)19-12-18(8-9-20-13-18)11-15-10-14-6-4-5-7-16(14)21-15/h4-7,15,19H,8-13H2,1-3H3. The van der Waals surface area contributed by atoms with Gasteiger partial charge in [0.1, 0.15) is 0 Å². The first-order valence-electron chi connectivity index (χ1n) is 8.03. The minimum atomic E-state index is 0.182. The fourth-order valence-corrected chi connectivity index (χ4v) is 4.84. The maximum absolute atomic E-state index is 5.76. The third kappa shape index (κ3) is 3.82. The predicted molar refractivity (Wildman–Crippen MR) is 90.0 cm³/mol. The van der Waals surface area contributed by atoms with E-state index in [-0.39, 0.29) is 5.54 Å². The molecule has 0 radical (unpaired) electrons. The third-order valence-electron chi connectivity index (χ3n) is 4.55. The number of nitrogens with one attached hydrogen (secondary N) is 1. The second kappa shape index (κ2) is 5.94. The van der Waals surface area contributed by atoms with E-state index in [2.05, 4.69) is 62.1 Å². The van der Waals surface area contributed by atoms with Crippen molar-refractivity contribution in [1.29, 1.82) is 0 Å². The highest BCUT2D eigenvalue weighted by molar-refractivity contribution is 8.00. The summed E-state index contributed by atoms with van der Waals surface area (Å²) in [5, 5.41) is 4.42. The summed E-state index contributed by atoms with van der Waals surface area (Å²) in [6, 6.07) is 8.87. The van der Waals surface area contributed by atoms with Crippen LogP contribution in [0.4, 0.5) is 0 Å². The number of thioether (sulfide) groups is 1. The lowest BCUT2D eigenvalue weighted by Crippen LogP contribution is -2.45. The Labute approximate surface area is 133 Å². The Morgan fingerprint density at radius 1 is 1.33 bits per heavy atom. The first kappa shape index (κ1) is 15.4. The lowest BCUT2D eigenvalue weighted by Gasteiger charge is -2.34. The summed E-state index contributed by atoms with van der Waals surface area (Å²) >= 11 is 2.07. The number of ether oxygens (including phenoxy) is 1. The van der Waals surface area contributed by atoms with Crippen LogP contribution in [0.15, 0.2) is 29.2 Å². The zero-order valence-corrected chi connectivity index (χ0v) is 14.3. The van der Waals surface area contributed by atoms with Crippen LogP contribution >= 0.6 is 11.8 Å². The molecule has 0 saturated carbocycles. The van der Waals surface area contributed by atoms with Crippen LogP contribution in [-0.2, 0) is 11.2 Å². The van der Waals surface area contributed by atoms with Crippen molar-refractivity contribution >= 4 is 11.8 Å². The number of rotatable bonds is 4. The molecule has 1 aromatic rings. The van der Waals surface area contributed by atoms with Gasteiger partial charge in [-0.25, -0.2) is 0 Å². The fraction of sp³-hybridized carbons (Fsp3) is 0.667. The van der Waals surface area contributed by atoms with Crippen molar-refractivity contribution < 1.29 is 4.74 Å². The van der Waals surface area contributed by atoms with E-state index in [0.29, 0.717) is 10.7 Å². The van der Waals surface area contributed by atoms with E-state index < -0.39 is 0 Å². The van der Waals surface area contributed by atoms with Crippen LogP contribution in [-0.4, -0.2) is 30.5 Å². The van der Waals surface area contributed by atoms with Crippen LogP contribution in [0.5, 0.6) is 0 Å². The minimum Gasteiger partial charge on any atom is -0.381 e. The highest BCUT2D eigenvalue weighted by atomic mass is 32.2. The van der Waals surface area contributed by atoms with Gasteiger partial charge in [0.05, 0.1) is 6.61 Å². The molecule has 0 aromatic heterocycles. The molecule has 2 aliphatic rings. The molecule has 2 heterocycles. The van der Waals surface area contributed by atoms with Crippen molar-refractivity contribution in [2.45, 2.75) is 55.7 Å². The fourth-order valence-electron chi connectivity index (χ4n) is 3.33. The Kier molecular flexibility index (Phi) is 4.35. The molecule has 2 nitrogen and oxygen atoms in total. The van der Waals surface area contributed by atoms with E-state index in [0.717, 1.165) is 19.8 Å². The predicted octanol–water partition coefficient (Wildman–Crippen LogP) is 3.89. The van der Waals surface area contributed by atoms with Crippen LogP contribution in [0.2, 0.25) is 0 Å². The van der Waals surface area contributed by atoms with Gasteiger partial charge in [0, 0.05) is 34.3 Å². The van der Waals surface area contributed by atoms with E-state index in [1.54, 1.807) is 0 Å². The average molecular weight is 305 g/mol. The molecule has 0 amide bonds. The highest BCUT2D eigenvalue weighted by Crippen LogP contribution is 2.44. The molecular weight excluding hydrogens is 278 g/mol. The van der Waals surface area contributed by atoms with Crippen LogP contribution in [0.3, 0.4) is 0 Å². The average Bonchev–Trinajstić information content (AvgIpc) is 3.02. The number of hydrogen-bond acceptors (Lipinski definition) is 3. The molecule has 2 unspecified atom stereocenters. The van der Waals surface area contributed by atoms with Crippen molar-refractivity contribution in [3.63, 3.8) is 0 Å². The Bertz CT molecular complexity index is 463. The molecule has 3 rings (SSSR count). The normalized spacial score (nSPS) is 28.8. The van der Waals surface area contributed by atoms with Crippen molar-refractivity contribution in [3.05, 3.63) is 29.8 Å². The van der Waals surface area contributed by atoms with E-state index >= 15 is 0 Å². The van der Waals surface area contributed by atoms with Crippen molar-refractivity contribution in [3.8, 4) is 0 Å². The van der Waals surface area contributed by atoms with Gasteiger partial charge in [-0.05, 0) is 51.7 Å². The lowest BCUT2D eigenvalue weighted by atomic mass is 9.80. The van der Waals surface area contributed by atoms with E-state index in [1.165, 1.54) is 29.7 Å². The van der Waals surface area contributed by atoms with E-state index in [1.807, 2.05) is 0 Å². The zero-order valence-electron chi connectivity index (χ0n) is 13.4. The summed E-state index contributed by atoms with van der Waals surface area (Å²) < 4.78 is 5.76. The van der Waals surface area contributed by atoms with Crippen LogP contribution in [0.1, 0.15) is 39.2 Å². The summed E-state index contributed by atoms with van der Waals surface area (Å²) in [6.45, 7) is 9.66. The van der Waals surface area contributed by atoms with Gasteiger partial charge in [0.2, 0.25) is 0 Å². The molecule has 1 aromatic carbocycles. The minimum absolute atomic E-state index is 0.182. The molecule has 1 saturated heterocycles. The molecule has 1 N–H and O–H groups in total. The molecule has 21 heavy (non-hydrogen) atoms. The van der Waals surface area contributed by atoms with Crippen LogP contribution < -0.4 is 5.32 Å². The molecule has 0 spiro atoms. The Balaban J connectivity index is 1.64. The lowest BCUT2D eigenvalue weighted by molar-refractivity contribution is 0.138. The van der Waals surface area contributed by atoms with Gasteiger partial charge < -0.3 is 10.1 Å². The third-order valence-corrected chi connectivity index (χ3v) is 5.87. The van der Waals surface area contributed by atoms with Gasteiger partial charge in [-0.1, -0.05) is 18.2 Å². The van der Waals surface area contributed by atoms with E-state index in [4.69, 9.17) is 4.74 Å². The molecule has 0 aliphatic carbocycles. The number of hydrogen-bond donors (Lipinski definition) is 1. The first-order chi connectivity index (χ1) is 9.96. The van der Waals surface area contributed by atoms with Gasteiger partial charge >= 0.3 is 0 Å². The zero-order chi connectivity index (χ0) is 14.9.